The smallest absolute Gasteiger partial charge is 0.313 e. The van der Waals surface area contributed by atoms with Gasteiger partial charge in [-0.3, -0.25) is 9.59 Å². The number of aryl methyl sites for hydroxylation is 2. The van der Waals surface area contributed by atoms with E-state index < -0.39 is 21.8 Å². The van der Waals surface area contributed by atoms with Crippen molar-refractivity contribution in [3.8, 4) is 0 Å². The maximum atomic E-state index is 12.7. The summed E-state index contributed by atoms with van der Waals surface area (Å²) >= 11 is 1.17. The topological polar surface area (TPSA) is 95.6 Å². The first-order valence-corrected chi connectivity index (χ1v) is 11.3. The second kappa shape index (κ2) is 8.42. The molecular formula is C19H23N3O4S2. The third-order valence-corrected chi connectivity index (χ3v) is 8.13. The molecule has 0 bridgehead atoms. The van der Waals surface area contributed by atoms with Gasteiger partial charge in [0.15, 0.2) is 0 Å². The Morgan fingerprint density at radius 2 is 1.86 bits per heavy atom. The number of carbonyl (C=O) groups excluding carboxylic acids is 2. The molecule has 9 heteroatoms. The Labute approximate surface area is 168 Å². The maximum Gasteiger partial charge on any atom is 0.313 e. The van der Waals surface area contributed by atoms with Gasteiger partial charge in [-0.15, -0.1) is 11.3 Å². The van der Waals surface area contributed by atoms with Crippen molar-refractivity contribution in [2.75, 3.05) is 18.4 Å². The van der Waals surface area contributed by atoms with Crippen molar-refractivity contribution in [2.24, 2.45) is 0 Å². The summed E-state index contributed by atoms with van der Waals surface area (Å²) in [6.07, 6.45) is 1.36. The minimum Gasteiger partial charge on any atom is -0.346 e. The maximum absolute atomic E-state index is 12.7. The molecule has 0 saturated carbocycles. The first kappa shape index (κ1) is 20.5. The van der Waals surface area contributed by atoms with Crippen molar-refractivity contribution in [3.63, 3.8) is 0 Å². The number of carbonyl (C=O) groups is 2. The number of amides is 2. The molecular weight excluding hydrogens is 398 g/mol. The first-order valence-electron chi connectivity index (χ1n) is 9.01. The van der Waals surface area contributed by atoms with Crippen LogP contribution < -0.4 is 10.6 Å². The van der Waals surface area contributed by atoms with E-state index in [4.69, 9.17) is 0 Å². The quantitative estimate of drug-likeness (QED) is 0.724. The Bertz CT molecular complexity index is 951. The predicted molar refractivity (Wildman–Crippen MR) is 109 cm³/mol. The van der Waals surface area contributed by atoms with Crippen LogP contribution in [0.3, 0.4) is 0 Å². The van der Waals surface area contributed by atoms with Crippen LogP contribution >= 0.6 is 11.3 Å². The van der Waals surface area contributed by atoms with Gasteiger partial charge in [-0.2, -0.15) is 4.31 Å². The highest BCUT2D eigenvalue weighted by Crippen LogP contribution is 2.28. The van der Waals surface area contributed by atoms with Crippen molar-refractivity contribution < 1.29 is 18.0 Å². The number of rotatable bonds is 5. The predicted octanol–water partition coefficient (Wildman–Crippen LogP) is 2.27. The number of anilines is 1. The van der Waals surface area contributed by atoms with Gasteiger partial charge in [0.25, 0.3) is 10.0 Å². The third-order valence-electron chi connectivity index (χ3n) is 4.81. The van der Waals surface area contributed by atoms with Crippen LogP contribution in [0.25, 0.3) is 0 Å². The average Bonchev–Trinajstić information content (AvgIpc) is 3.34. The van der Waals surface area contributed by atoms with E-state index in [0.717, 1.165) is 17.5 Å². The summed E-state index contributed by atoms with van der Waals surface area (Å²) in [4.78, 5) is 24.5. The molecule has 0 spiro atoms. The molecule has 2 amide bonds. The molecule has 1 aliphatic rings. The number of nitrogens with one attached hydrogen (secondary N) is 2. The Balaban J connectivity index is 1.61. The molecule has 0 aliphatic carbocycles. The van der Waals surface area contributed by atoms with Crippen molar-refractivity contribution in [1.29, 1.82) is 0 Å². The van der Waals surface area contributed by atoms with E-state index in [0.29, 0.717) is 22.9 Å². The van der Waals surface area contributed by atoms with Crippen molar-refractivity contribution >= 4 is 38.9 Å². The van der Waals surface area contributed by atoms with Gasteiger partial charge >= 0.3 is 11.8 Å². The monoisotopic (exact) mass is 421 g/mol. The SMILES string of the molecule is Cc1cccc(C)c1NC(=O)C(=O)NC[C@@H]1CCCN1S(=O)(=O)c1cccs1. The molecule has 1 fully saturated rings. The molecule has 28 heavy (non-hydrogen) atoms. The van der Waals surface area contributed by atoms with Crippen LogP contribution in [0.4, 0.5) is 5.69 Å². The molecule has 1 aliphatic heterocycles. The summed E-state index contributed by atoms with van der Waals surface area (Å²) in [5, 5.41) is 6.93. The van der Waals surface area contributed by atoms with Gasteiger partial charge in [0.05, 0.1) is 0 Å². The molecule has 0 unspecified atom stereocenters. The standard InChI is InChI=1S/C19H23N3O4S2/c1-13-6-3-7-14(2)17(13)21-19(24)18(23)20-12-15-8-4-10-22(15)28(25,26)16-9-5-11-27-16/h3,5-7,9,11,15H,4,8,10,12H2,1-2H3,(H,20,23)(H,21,24)/t15-/m0/s1. The normalized spacial score (nSPS) is 17.4. The van der Waals surface area contributed by atoms with Gasteiger partial charge < -0.3 is 10.6 Å². The van der Waals surface area contributed by atoms with Gasteiger partial charge in [0.1, 0.15) is 4.21 Å². The fraction of sp³-hybridized carbons (Fsp3) is 0.368. The molecule has 0 radical (unpaired) electrons. The fourth-order valence-electron chi connectivity index (χ4n) is 3.33. The Morgan fingerprint density at radius 1 is 1.14 bits per heavy atom. The lowest BCUT2D eigenvalue weighted by Crippen LogP contribution is -2.45. The number of hydrogen-bond acceptors (Lipinski definition) is 5. The fourth-order valence-corrected chi connectivity index (χ4v) is 6.14. The minimum absolute atomic E-state index is 0.101. The molecule has 1 aromatic carbocycles. The summed E-state index contributed by atoms with van der Waals surface area (Å²) < 4.78 is 27.2. The summed E-state index contributed by atoms with van der Waals surface area (Å²) in [5.41, 5.74) is 2.35. The average molecular weight is 422 g/mol. The highest BCUT2D eigenvalue weighted by Gasteiger charge is 2.36. The van der Waals surface area contributed by atoms with Crippen molar-refractivity contribution in [2.45, 2.75) is 36.9 Å². The van der Waals surface area contributed by atoms with Gasteiger partial charge in [-0.05, 0) is 49.3 Å². The van der Waals surface area contributed by atoms with E-state index in [1.54, 1.807) is 17.5 Å². The van der Waals surface area contributed by atoms with E-state index in [-0.39, 0.29) is 12.6 Å². The molecule has 2 aromatic rings. The molecule has 150 valence electrons. The van der Waals surface area contributed by atoms with E-state index in [1.165, 1.54) is 15.6 Å². The lowest BCUT2D eigenvalue weighted by molar-refractivity contribution is -0.136. The Morgan fingerprint density at radius 3 is 2.50 bits per heavy atom. The number of sulfonamides is 1. The summed E-state index contributed by atoms with van der Waals surface area (Å²) in [5.74, 6) is -1.54. The Kier molecular flexibility index (Phi) is 6.17. The van der Waals surface area contributed by atoms with Gasteiger partial charge in [-0.25, -0.2) is 8.42 Å². The van der Waals surface area contributed by atoms with Gasteiger partial charge in [0.2, 0.25) is 0 Å². The largest absolute Gasteiger partial charge is 0.346 e. The lowest BCUT2D eigenvalue weighted by atomic mass is 10.1. The zero-order valence-electron chi connectivity index (χ0n) is 15.8. The highest BCUT2D eigenvalue weighted by atomic mass is 32.2. The van der Waals surface area contributed by atoms with Crippen molar-refractivity contribution in [1.82, 2.24) is 9.62 Å². The van der Waals surface area contributed by atoms with E-state index in [1.807, 2.05) is 32.0 Å². The van der Waals surface area contributed by atoms with Crippen molar-refractivity contribution in [3.05, 3.63) is 46.8 Å². The Hall–Kier alpha value is -2.23. The van der Waals surface area contributed by atoms with Crippen LogP contribution in [0.5, 0.6) is 0 Å². The number of benzene rings is 1. The minimum atomic E-state index is -3.57. The van der Waals surface area contributed by atoms with Crippen LogP contribution in [-0.4, -0.2) is 43.7 Å². The van der Waals surface area contributed by atoms with Gasteiger partial charge in [-0.1, -0.05) is 24.3 Å². The third kappa shape index (κ3) is 4.26. The first-order chi connectivity index (χ1) is 13.3. The zero-order valence-corrected chi connectivity index (χ0v) is 17.4. The van der Waals surface area contributed by atoms with Crippen LogP contribution in [0.15, 0.2) is 39.9 Å². The molecule has 2 N–H and O–H groups in total. The molecule has 1 saturated heterocycles. The van der Waals surface area contributed by atoms with Crippen LogP contribution in [-0.2, 0) is 19.6 Å². The highest BCUT2D eigenvalue weighted by molar-refractivity contribution is 7.91. The number of para-hydroxylation sites is 1. The molecule has 7 nitrogen and oxygen atoms in total. The van der Waals surface area contributed by atoms with Crippen LogP contribution in [0.2, 0.25) is 0 Å². The molecule has 1 atom stereocenters. The number of nitrogens with zero attached hydrogens (tertiary/aromatic N) is 1. The van der Waals surface area contributed by atoms with Crippen LogP contribution in [0.1, 0.15) is 24.0 Å². The van der Waals surface area contributed by atoms with Gasteiger partial charge in [0, 0.05) is 24.8 Å². The summed E-state index contributed by atoms with van der Waals surface area (Å²) in [6, 6.07) is 8.50. The van der Waals surface area contributed by atoms with E-state index in [9.17, 15) is 18.0 Å². The lowest BCUT2D eigenvalue weighted by Gasteiger charge is -2.23. The molecule has 1 aromatic heterocycles. The summed E-state index contributed by atoms with van der Waals surface area (Å²) in [7, 11) is -3.57. The zero-order chi connectivity index (χ0) is 20.3. The number of thiophene rings is 1. The molecule has 2 heterocycles. The second-order valence-electron chi connectivity index (χ2n) is 6.77. The summed E-state index contributed by atoms with van der Waals surface area (Å²) in [6.45, 7) is 4.22. The second-order valence-corrected chi connectivity index (χ2v) is 9.84. The number of hydrogen-bond donors (Lipinski definition) is 2. The molecule has 3 rings (SSSR count). The van der Waals surface area contributed by atoms with E-state index in [2.05, 4.69) is 10.6 Å². The van der Waals surface area contributed by atoms with Crippen LogP contribution in [0, 0.1) is 13.8 Å². The van der Waals surface area contributed by atoms with E-state index >= 15 is 0 Å².